The SMILES string of the molecule is Cc1ccc2cccc(Oc3ncnc(NCc4ccc(Cl)cc4)c3N)c2n1. The van der Waals surface area contributed by atoms with Crippen molar-refractivity contribution < 1.29 is 4.74 Å². The maximum Gasteiger partial charge on any atom is 0.248 e. The van der Waals surface area contributed by atoms with Crippen LogP contribution in [0.25, 0.3) is 10.9 Å². The molecule has 28 heavy (non-hydrogen) atoms. The van der Waals surface area contributed by atoms with E-state index < -0.39 is 0 Å². The minimum Gasteiger partial charge on any atom is -0.435 e. The highest BCUT2D eigenvalue weighted by atomic mass is 35.5. The molecule has 0 radical (unpaired) electrons. The number of hydrogen-bond acceptors (Lipinski definition) is 6. The van der Waals surface area contributed by atoms with E-state index in [-0.39, 0.29) is 5.88 Å². The van der Waals surface area contributed by atoms with Crippen LogP contribution in [0.4, 0.5) is 11.5 Å². The van der Waals surface area contributed by atoms with E-state index in [1.165, 1.54) is 6.33 Å². The average Bonchev–Trinajstić information content (AvgIpc) is 2.70. The molecular weight excluding hydrogens is 374 g/mol. The predicted molar refractivity (Wildman–Crippen MR) is 112 cm³/mol. The van der Waals surface area contributed by atoms with E-state index in [0.29, 0.717) is 28.8 Å². The van der Waals surface area contributed by atoms with Gasteiger partial charge in [0.15, 0.2) is 11.6 Å². The zero-order valence-corrected chi connectivity index (χ0v) is 15.9. The van der Waals surface area contributed by atoms with Gasteiger partial charge in [0, 0.05) is 22.6 Å². The second kappa shape index (κ2) is 7.70. The zero-order valence-electron chi connectivity index (χ0n) is 15.2. The second-order valence-corrected chi connectivity index (χ2v) is 6.74. The molecule has 0 aliphatic heterocycles. The number of fused-ring (bicyclic) bond motifs is 1. The number of benzene rings is 2. The molecule has 0 fully saturated rings. The second-order valence-electron chi connectivity index (χ2n) is 6.30. The van der Waals surface area contributed by atoms with Gasteiger partial charge in [0.2, 0.25) is 5.88 Å². The Morgan fingerprint density at radius 2 is 1.86 bits per heavy atom. The summed E-state index contributed by atoms with van der Waals surface area (Å²) in [6.07, 6.45) is 1.42. The molecule has 2 aromatic carbocycles. The normalized spacial score (nSPS) is 10.8. The molecule has 3 N–H and O–H groups in total. The Kier molecular flexibility index (Phi) is 4.95. The summed E-state index contributed by atoms with van der Waals surface area (Å²) in [5, 5.41) is 4.88. The Balaban J connectivity index is 1.59. The maximum absolute atomic E-state index is 6.24. The Labute approximate surface area is 167 Å². The average molecular weight is 392 g/mol. The van der Waals surface area contributed by atoms with Gasteiger partial charge in [-0.25, -0.2) is 9.97 Å². The lowest BCUT2D eigenvalue weighted by Gasteiger charge is -2.13. The van der Waals surface area contributed by atoms with E-state index in [4.69, 9.17) is 22.1 Å². The molecule has 0 spiro atoms. The molecule has 0 unspecified atom stereocenters. The van der Waals surface area contributed by atoms with Crippen molar-refractivity contribution >= 4 is 34.0 Å². The highest BCUT2D eigenvalue weighted by molar-refractivity contribution is 6.30. The summed E-state index contributed by atoms with van der Waals surface area (Å²) in [7, 11) is 0. The maximum atomic E-state index is 6.24. The number of ether oxygens (including phenoxy) is 1. The first-order chi connectivity index (χ1) is 13.6. The Hall–Kier alpha value is -3.38. The number of nitrogens with zero attached hydrogens (tertiary/aromatic N) is 3. The summed E-state index contributed by atoms with van der Waals surface area (Å²) in [6, 6.07) is 17.3. The van der Waals surface area contributed by atoms with Gasteiger partial charge >= 0.3 is 0 Å². The van der Waals surface area contributed by atoms with Gasteiger partial charge in [0.05, 0.1) is 0 Å². The molecule has 7 heteroatoms. The zero-order chi connectivity index (χ0) is 19.5. The molecule has 2 heterocycles. The van der Waals surface area contributed by atoms with Gasteiger partial charge in [-0.3, -0.25) is 0 Å². The molecule has 0 aliphatic rings. The molecule has 0 aliphatic carbocycles. The highest BCUT2D eigenvalue weighted by Crippen LogP contribution is 2.33. The third kappa shape index (κ3) is 3.82. The summed E-state index contributed by atoms with van der Waals surface area (Å²) in [6.45, 7) is 2.49. The first kappa shape index (κ1) is 18.0. The third-order valence-corrected chi connectivity index (χ3v) is 4.50. The van der Waals surface area contributed by atoms with Gasteiger partial charge < -0.3 is 15.8 Å². The van der Waals surface area contributed by atoms with Crippen LogP contribution in [-0.4, -0.2) is 15.0 Å². The van der Waals surface area contributed by atoms with E-state index in [1.54, 1.807) is 0 Å². The number of hydrogen-bond donors (Lipinski definition) is 2. The fraction of sp³-hybridized carbons (Fsp3) is 0.0952. The monoisotopic (exact) mass is 391 g/mol. The van der Waals surface area contributed by atoms with E-state index in [0.717, 1.165) is 22.2 Å². The summed E-state index contributed by atoms with van der Waals surface area (Å²) in [5.41, 5.74) is 9.30. The van der Waals surface area contributed by atoms with E-state index in [2.05, 4.69) is 20.3 Å². The van der Waals surface area contributed by atoms with Crippen molar-refractivity contribution in [2.24, 2.45) is 0 Å². The largest absolute Gasteiger partial charge is 0.435 e. The number of halogens is 1. The molecule has 0 saturated heterocycles. The van der Waals surface area contributed by atoms with Gasteiger partial charge in [-0.15, -0.1) is 0 Å². The van der Waals surface area contributed by atoms with Crippen LogP contribution >= 0.6 is 11.6 Å². The Morgan fingerprint density at radius 3 is 2.68 bits per heavy atom. The third-order valence-electron chi connectivity index (χ3n) is 4.25. The standard InChI is InChI=1S/C21H18ClN5O/c1-13-5-8-15-3-2-4-17(19(15)27-13)28-21-18(23)20(25-12-26-21)24-11-14-6-9-16(22)10-7-14/h2-10,12H,11,23H2,1H3,(H,24,25,26). The fourth-order valence-electron chi connectivity index (χ4n) is 2.79. The smallest absolute Gasteiger partial charge is 0.248 e. The van der Waals surface area contributed by atoms with Gasteiger partial charge in [0.25, 0.3) is 0 Å². The predicted octanol–water partition coefficient (Wildman–Crippen LogP) is 4.97. The number of nitrogens with two attached hydrogens (primary N) is 1. The lowest BCUT2D eigenvalue weighted by Crippen LogP contribution is -2.07. The van der Waals surface area contributed by atoms with Gasteiger partial charge in [-0.2, -0.15) is 4.98 Å². The van der Waals surface area contributed by atoms with Crippen molar-refractivity contribution in [3.05, 3.63) is 77.2 Å². The number of pyridine rings is 1. The quantitative estimate of drug-likeness (QED) is 0.499. The lowest BCUT2D eigenvalue weighted by molar-refractivity contribution is 0.468. The number of para-hydroxylation sites is 1. The lowest BCUT2D eigenvalue weighted by atomic mass is 10.2. The number of nitrogen functional groups attached to an aromatic ring is 1. The van der Waals surface area contributed by atoms with Crippen LogP contribution in [0.3, 0.4) is 0 Å². The molecule has 4 aromatic rings. The van der Waals surface area contributed by atoms with Crippen molar-refractivity contribution in [1.82, 2.24) is 15.0 Å². The molecule has 2 aromatic heterocycles. The number of aryl methyl sites for hydroxylation is 1. The first-order valence-corrected chi connectivity index (χ1v) is 9.11. The number of anilines is 2. The van der Waals surface area contributed by atoms with Crippen LogP contribution in [0.15, 0.2) is 60.9 Å². The molecule has 6 nitrogen and oxygen atoms in total. The fourth-order valence-corrected chi connectivity index (χ4v) is 2.92. The van der Waals surface area contributed by atoms with Crippen LogP contribution in [0.1, 0.15) is 11.3 Å². The number of nitrogens with one attached hydrogen (secondary N) is 1. The number of aromatic nitrogens is 3. The summed E-state index contributed by atoms with van der Waals surface area (Å²) < 4.78 is 5.99. The number of rotatable bonds is 5. The van der Waals surface area contributed by atoms with Crippen LogP contribution in [0.5, 0.6) is 11.6 Å². The highest BCUT2D eigenvalue weighted by Gasteiger charge is 2.12. The molecule has 0 saturated carbocycles. The van der Waals surface area contributed by atoms with Crippen molar-refractivity contribution in [2.45, 2.75) is 13.5 Å². The van der Waals surface area contributed by atoms with Crippen molar-refractivity contribution in [2.75, 3.05) is 11.1 Å². The van der Waals surface area contributed by atoms with Crippen LogP contribution in [0.2, 0.25) is 5.02 Å². The van der Waals surface area contributed by atoms with Crippen molar-refractivity contribution in [3.63, 3.8) is 0 Å². The Morgan fingerprint density at radius 1 is 1.04 bits per heavy atom. The van der Waals surface area contributed by atoms with Crippen molar-refractivity contribution in [3.8, 4) is 11.6 Å². The van der Waals surface area contributed by atoms with Crippen LogP contribution in [0, 0.1) is 6.92 Å². The molecule has 0 atom stereocenters. The molecule has 0 bridgehead atoms. The molecular formula is C21H18ClN5O. The first-order valence-electron chi connectivity index (χ1n) is 8.73. The van der Waals surface area contributed by atoms with Crippen LogP contribution in [-0.2, 0) is 6.54 Å². The minimum absolute atomic E-state index is 0.282. The van der Waals surface area contributed by atoms with Gasteiger partial charge in [-0.05, 0) is 36.8 Å². The van der Waals surface area contributed by atoms with E-state index in [9.17, 15) is 0 Å². The van der Waals surface area contributed by atoms with E-state index >= 15 is 0 Å². The molecule has 0 amide bonds. The van der Waals surface area contributed by atoms with Gasteiger partial charge in [-0.1, -0.05) is 41.9 Å². The van der Waals surface area contributed by atoms with Gasteiger partial charge in [0.1, 0.15) is 17.5 Å². The Bertz CT molecular complexity index is 1130. The summed E-state index contributed by atoms with van der Waals surface area (Å²) in [5.74, 6) is 1.38. The molecule has 140 valence electrons. The topological polar surface area (TPSA) is 86.0 Å². The van der Waals surface area contributed by atoms with E-state index in [1.807, 2.05) is 61.5 Å². The minimum atomic E-state index is 0.282. The summed E-state index contributed by atoms with van der Waals surface area (Å²) >= 11 is 5.92. The molecule has 4 rings (SSSR count). The van der Waals surface area contributed by atoms with Crippen molar-refractivity contribution in [1.29, 1.82) is 0 Å². The summed E-state index contributed by atoms with van der Waals surface area (Å²) in [4.78, 5) is 13.0. The van der Waals surface area contributed by atoms with Crippen LogP contribution < -0.4 is 15.8 Å².